The quantitative estimate of drug-likeness (QED) is 0.716. The predicted octanol–water partition coefficient (Wildman–Crippen LogP) is 3.59. The molecule has 1 aliphatic heterocycles. The number of nitrogens with zero attached hydrogens (tertiary/aromatic N) is 2. The maximum Gasteiger partial charge on any atom is 0.256 e. The van der Waals surface area contributed by atoms with Gasteiger partial charge in [0.15, 0.2) is 0 Å². The van der Waals surface area contributed by atoms with Gasteiger partial charge in [0.25, 0.3) is 5.91 Å². The van der Waals surface area contributed by atoms with E-state index in [0.29, 0.717) is 29.5 Å². The Bertz CT molecular complexity index is 1060. The summed E-state index contributed by atoms with van der Waals surface area (Å²) in [6.45, 7) is 4.49. The second-order valence-corrected chi connectivity index (χ2v) is 8.07. The molecule has 1 amide bonds. The van der Waals surface area contributed by atoms with E-state index in [1.165, 1.54) is 0 Å². The summed E-state index contributed by atoms with van der Waals surface area (Å²) in [6, 6.07) is 14.9. The Morgan fingerprint density at radius 3 is 2.64 bits per heavy atom. The van der Waals surface area contributed by atoms with E-state index >= 15 is 0 Å². The Hall–Kier alpha value is -2.93. The van der Waals surface area contributed by atoms with E-state index in [9.17, 15) is 9.00 Å². The minimum absolute atomic E-state index is 0.238. The second kappa shape index (κ2) is 7.59. The number of fused-ring (bicyclic) bond motifs is 1. The topological polar surface area (TPSA) is 73.2 Å². The van der Waals surface area contributed by atoms with Gasteiger partial charge in [-0.25, -0.2) is 4.68 Å². The smallest absolute Gasteiger partial charge is 0.256 e. The van der Waals surface area contributed by atoms with Crippen LogP contribution in [0.2, 0.25) is 0 Å². The van der Waals surface area contributed by atoms with Gasteiger partial charge in [-0.15, -0.1) is 0 Å². The van der Waals surface area contributed by atoms with Gasteiger partial charge in [0.2, 0.25) is 0 Å². The number of hydrogen-bond acceptors (Lipinski definition) is 4. The van der Waals surface area contributed by atoms with Crippen molar-refractivity contribution in [3.8, 4) is 11.4 Å². The number of aryl methyl sites for hydroxylation is 1. The average molecular weight is 395 g/mol. The van der Waals surface area contributed by atoms with Crippen LogP contribution in [0.4, 0.5) is 5.82 Å². The zero-order valence-corrected chi connectivity index (χ0v) is 16.6. The van der Waals surface area contributed by atoms with Crippen molar-refractivity contribution in [1.82, 2.24) is 9.78 Å². The number of hydrogen-bond donors (Lipinski definition) is 1. The van der Waals surface area contributed by atoms with E-state index in [-0.39, 0.29) is 5.91 Å². The van der Waals surface area contributed by atoms with Crippen LogP contribution in [0.1, 0.15) is 34.1 Å². The van der Waals surface area contributed by atoms with Crippen LogP contribution in [0.25, 0.3) is 5.69 Å². The number of para-hydroxylation sites is 1. The first-order valence-corrected chi connectivity index (χ1v) is 10.6. The van der Waals surface area contributed by atoms with Crippen LogP contribution >= 0.6 is 0 Å². The molecular formula is C21H21N3O3S. The van der Waals surface area contributed by atoms with E-state index in [1.807, 2.05) is 38.1 Å². The SMILES string of the molecule is CCOc1ccc(C(=O)Nc2c3c(nn2-c2ccccc2C)CS(=O)C3)cc1. The fourth-order valence-corrected chi connectivity index (χ4v) is 4.54. The number of aromatic nitrogens is 2. The maximum absolute atomic E-state index is 12.9. The Morgan fingerprint density at radius 1 is 1.18 bits per heavy atom. The number of carbonyl (C=O) groups excluding carboxylic acids is 1. The first-order chi connectivity index (χ1) is 13.6. The van der Waals surface area contributed by atoms with E-state index in [4.69, 9.17) is 4.74 Å². The molecule has 0 saturated carbocycles. The number of rotatable bonds is 5. The lowest BCUT2D eigenvalue weighted by Gasteiger charge is -2.13. The van der Waals surface area contributed by atoms with E-state index in [0.717, 1.165) is 28.3 Å². The highest BCUT2D eigenvalue weighted by Gasteiger charge is 2.28. The summed E-state index contributed by atoms with van der Waals surface area (Å²) in [5.74, 6) is 1.90. The maximum atomic E-state index is 12.9. The number of nitrogens with one attached hydrogen (secondary N) is 1. The van der Waals surface area contributed by atoms with Crippen LogP contribution in [0.5, 0.6) is 5.75 Å². The molecule has 4 rings (SSSR count). The largest absolute Gasteiger partial charge is 0.494 e. The van der Waals surface area contributed by atoms with Gasteiger partial charge in [0.1, 0.15) is 11.6 Å². The third kappa shape index (κ3) is 3.45. The molecule has 0 saturated heterocycles. The summed E-state index contributed by atoms with van der Waals surface area (Å²) in [7, 11) is -0.977. The Balaban J connectivity index is 1.69. The minimum Gasteiger partial charge on any atom is -0.494 e. The molecule has 6 nitrogen and oxygen atoms in total. The van der Waals surface area contributed by atoms with E-state index in [2.05, 4.69) is 10.4 Å². The molecule has 1 aromatic heterocycles. The van der Waals surface area contributed by atoms with Crippen molar-refractivity contribution in [1.29, 1.82) is 0 Å². The summed E-state index contributed by atoms with van der Waals surface area (Å²) in [6.07, 6.45) is 0. The number of amides is 1. The van der Waals surface area contributed by atoms with Gasteiger partial charge in [0, 0.05) is 21.9 Å². The monoisotopic (exact) mass is 395 g/mol. The van der Waals surface area contributed by atoms with Crippen molar-refractivity contribution in [3.63, 3.8) is 0 Å². The lowest BCUT2D eigenvalue weighted by molar-refractivity contribution is 0.102. The highest BCUT2D eigenvalue weighted by atomic mass is 32.2. The zero-order valence-electron chi connectivity index (χ0n) is 15.8. The molecule has 1 N–H and O–H groups in total. The first-order valence-electron chi connectivity index (χ1n) is 9.12. The van der Waals surface area contributed by atoms with E-state index < -0.39 is 10.8 Å². The Kier molecular flexibility index (Phi) is 5.00. The zero-order chi connectivity index (χ0) is 19.7. The molecule has 0 aliphatic carbocycles. The predicted molar refractivity (Wildman–Crippen MR) is 109 cm³/mol. The number of anilines is 1. The number of carbonyl (C=O) groups is 1. The van der Waals surface area contributed by atoms with Gasteiger partial charge in [0.05, 0.1) is 29.5 Å². The number of ether oxygens (including phenoxy) is 1. The van der Waals surface area contributed by atoms with Crippen LogP contribution in [0.15, 0.2) is 48.5 Å². The fourth-order valence-electron chi connectivity index (χ4n) is 3.28. The van der Waals surface area contributed by atoms with Crippen molar-refractivity contribution in [2.45, 2.75) is 25.4 Å². The molecule has 0 fully saturated rings. The molecule has 1 atom stereocenters. The summed E-state index contributed by atoms with van der Waals surface area (Å²) >= 11 is 0. The molecule has 0 radical (unpaired) electrons. The van der Waals surface area contributed by atoms with Gasteiger partial charge in [-0.2, -0.15) is 5.10 Å². The van der Waals surface area contributed by atoms with Crippen molar-refractivity contribution >= 4 is 22.5 Å². The molecule has 3 aromatic rings. The summed E-state index contributed by atoms with van der Waals surface area (Å²) in [5, 5.41) is 7.64. The Labute approximate surface area is 166 Å². The van der Waals surface area contributed by atoms with Gasteiger partial charge in [-0.3, -0.25) is 9.00 Å². The second-order valence-electron chi connectivity index (χ2n) is 6.61. The van der Waals surface area contributed by atoms with Gasteiger partial charge in [-0.1, -0.05) is 18.2 Å². The van der Waals surface area contributed by atoms with Crippen molar-refractivity contribution < 1.29 is 13.7 Å². The number of benzene rings is 2. The van der Waals surface area contributed by atoms with Crippen LogP contribution in [0, 0.1) is 6.92 Å². The summed E-state index contributed by atoms with van der Waals surface area (Å²) < 4.78 is 19.2. The molecule has 1 unspecified atom stereocenters. The molecule has 0 spiro atoms. The van der Waals surface area contributed by atoms with Crippen molar-refractivity contribution in [2.75, 3.05) is 11.9 Å². The highest BCUT2D eigenvalue weighted by molar-refractivity contribution is 7.83. The van der Waals surface area contributed by atoms with Crippen LogP contribution in [-0.2, 0) is 22.3 Å². The first kappa shape index (κ1) is 18.4. The highest BCUT2D eigenvalue weighted by Crippen LogP contribution is 2.32. The minimum atomic E-state index is -0.977. The lowest BCUT2D eigenvalue weighted by atomic mass is 10.2. The molecule has 2 aromatic carbocycles. The molecule has 144 valence electrons. The third-order valence-corrected chi connectivity index (χ3v) is 5.88. The molecule has 28 heavy (non-hydrogen) atoms. The Morgan fingerprint density at radius 2 is 1.93 bits per heavy atom. The molecule has 0 bridgehead atoms. The molecule has 1 aliphatic rings. The van der Waals surface area contributed by atoms with Crippen LogP contribution in [0.3, 0.4) is 0 Å². The standard InChI is InChI=1S/C21H21N3O3S/c1-3-27-16-10-8-15(9-11-16)21(25)22-20-17-12-28(26)13-18(17)23-24(20)19-7-5-4-6-14(19)2/h4-11H,3,12-13H2,1-2H3,(H,22,25). The molecule has 7 heteroatoms. The van der Waals surface area contributed by atoms with Gasteiger partial charge >= 0.3 is 0 Å². The van der Waals surface area contributed by atoms with Crippen molar-refractivity contribution in [2.24, 2.45) is 0 Å². The van der Waals surface area contributed by atoms with Gasteiger partial charge in [-0.05, 0) is 49.7 Å². The van der Waals surface area contributed by atoms with E-state index in [1.54, 1.807) is 28.9 Å². The van der Waals surface area contributed by atoms with Gasteiger partial charge < -0.3 is 10.1 Å². The van der Waals surface area contributed by atoms with Crippen LogP contribution < -0.4 is 10.1 Å². The summed E-state index contributed by atoms with van der Waals surface area (Å²) in [4.78, 5) is 12.9. The molecular weight excluding hydrogens is 374 g/mol. The summed E-state index contributed by atoms with van der Waals surface area (Å²) in [5.41, 5.74) is 4.09. The van der Waals surface area contributed by atoms with Crippen LogP contribution in [-0.4, -0.2) is 26.5 Å². The molecule has 2 heterocycles. The van der Waals surface area contributed by atoms with Crippen molar-refractivity contribution in [3.05, 3.63) is 70.9 Å². The average Bonchev–Trinajstić information content (AvgIpc) is 3.20. The lowest BCUT2D eigenvalue weighted by Crippen LogP contribution is -2.17. The third-order valence-electron chi connectivity index (χ3n) is 4.67. The normalized spacial score (nSPS) is 15.3. The fraction of sp³-hybridized carbons (Fsp3) is 0.238.